The highest BCUT2D eigenvalue weighted by atomic mass is 28.4. The molecule has 0 N–H and O–H groups in total. The number of hydrogen-bond acceptors (Lipinski definition) is 5. The maximum absolute atomic E-state index is 11.9. The Labute approximate surface area is 160 Å². The molecule has 5 nitrogen and oxygen atoms in total. The lowest BCUT2D eigenvalue weighted by molar-refractivity contribution is -0.161. The van der Waals surface area contributed by atoms with Crippen molar-refractivity contribution in [1.82, 2.24) is 0 Å². The minimum absolute atomic E-state index is 0.119. The van der Waals surface area contributed by atoms with Gasteiger partial charge in [-0.1, -0.05) is 6.58 Å². The quantitative estimate of drug-likeness (QED) is 0.234. The Morgan fingerprint density at radius 2 is 1.36 bits per heavy atom. The predicted molar refractivity (Wildman–Crippen MR) is 116 cm³/mol. The van der Waals surface area contributed by atoms with Gasteiger partial charge in [0.1, 0.15) is 18.1 Å². The summed E-state index contributed by atoms with van der Waals surface area (Å²) in [5.41, 5.74) is -0.437. The van der Waals surface area contributed by atoms with E-state index in [9.17, 15) is 4.79 Å². The second-order valence-corrected chi connectivity index (χ2v) is 24.3. The van der Waals surface area contributed by atoms with Crippen LogP contribution >= 0.6 is 0 Å². The molecule has 0 saturated carbocycles. The fourth-order valence-corrected chi connectivity index (χ4v) is 10.6. The van der Waals surface area contributed by atoms with Gasteiger partial charge in [0.2, 0.25) is 0 Å². The van der Waals surface area contributed by atoms with E-state index in [1.54, 1.807) is 6.92 Å². The minimum atomic E-state index is -1.90. The molecule has 148 valence electrons. The van der Waals surface area contributed by atoms with E-state index in [1.165, 1.54) is 0 Å². The maximum Gasteiger partial charge on any atom is 0.333 e. The molecule has 0 aromatic rings. The number of carbonyl (C=O) groups excluding carboxylic acids is 1. The van der Waals surface area contributed by atoms with Crippen molar-refractivity contribution in [2.75, 3.05) is 6.61 Å². The van der Waals surface area contributed by atoms with Crippen LogP contribution in [0.15, 0.2) is 12.2 Å². The van der Waals surface area contributed by atoms with Gasteiger partial charge in [-0.2, -0.15) is 0 Å². The summed E-state index contributed by atoms with van der Waals surface area (Å²) in [4.78, 5) is 11.9. The summed E-state index contributed by atoms with van der Waals surface area (Å²) >= 11 is 0. The first kappa shape index (κ1) is 25.0. The van der Waals surface area contributed by atoms with E-state index in [-0.39, 0.29) is 6.61 Å². The van der Waals surface area contributed by atoms with Crippen LogP contribution in [0.2, 0.25) is 58.9 Å². The van der Waals surface area contributed by atoms with Gasteiger partial charge in [0, 0.05) is 5.57 Å². The number of hydrogen-bond donors (Lipinski definition) is 0. The molecule has 0 aliphatic heterocycles. The van der Waals surface area contributed by atoms with Gasteiger partial charge in [-0.05, 0) is 65.8 Å². The van der Waals surface area contributed by atoms with Gasteiger partial charge in [-0.15, -0.1) is 0 Å². The van der Waals surface area contributed by atoms with Gasteiger partial charge in [-0.25, -0.2) is 4.79 Å². The summed E-state index contributed by atoms with van der Waals surface area (Å²) in [5.74, 6) is -0.408. The summed E-state index contributed by atoms with van der Waals surface area (Å²) < 4.78 is 24.8. The van der Waals surface area contributed by atoms with Gasteiger partial charge in [0.25, 0.3) is 0 Å². The first-order valence-corrected chi connectivity index (χ1v) is 20.0. The van der Waals surface area contributed by atoms with Crippen molar-refractivity contribution >= 4 is 41.2 Å². The Morgan fingerprint density at radius 1 is 0.960 bits per heavy atom. The third-order valence-corrected chi connectivity index (χ3v) is 7.71. The van der Waals surface area contributed by atoms with Gasteiger partial charge < -0.3 is 18.0 Å². The average Bonchev–Trinajstić information content (AvgIpc) is 2.27. The van der Waals surface area contributed by atoms with Gasteiger partial charge in [-0.3, -0.25) is 0 Å². The topological polar surface area (TPSA) is 54.0 Å². The molecule has 0 radical (unpaired) electrons. The average molecular weight is 423 g/mol. The van der Waals surface area contributed by atoms with Crippen molar-refractivity contribution in [2.24, 2.45) is 0 Å². The minimum Gasteiger partial charge on any atom is -0.459 e. The van der Waals surface area contributed by atoms with Crippen LogP contribution in [0.4, 0.5) is 0 Å². The smallest absolute Gasteiger partial charge is 0.333 e. The highest BCUT2D eigenvalue weighted by Crippen LogP contribution is 2.29. The van der Waals surface area contributed by atoms with E-state index >= 15 is 0 Å². The van der Waals surface area contributed by atoms with E-state index in [0.29, 0.717) is 15.8 Å². The Morgan fingerprint density at radius 3 is 1.64 bits per heavy atom. The van der Waals surface area contributed by atoms with Crippen molar-refractivity contribution < 1.29 is 22.8 Å². The van der Waals surface area contributed by atoms with Crippen LogP contribution < -0.4 is 0 Å². The van der Waals surface area contributed by atoms with Gasteiger partial charge in [0.15, 0.2) is 25.0 Å². The van der Waals surface area contributed by atoms with Crippen LogP contribution in [0.1, 0.15) is 6.92 Å². The monoisotopic (exact) mass is 422 g/mol. The number of esters is 1. The molecular weight excluding hydrogens is 385 g/mol. The maximum atomic E-state index is 11.9. The van der Waals surface area contributed by atoms with E-state index in [0.717, 1.165) is 0 Å². The molecule has 0 amide bonds. The van der Waals surface area contributed by atoms with Crippen molar-refractivity contribution in [3.63, 3.8) is 0 Å². The third kappa shape index (κ3) is 11.3. The van der Waals surface area contributed by atoms with Crippen molar-refractivity contribution in [2.45, 2.75) is 77.4 Å². The van der Waals surface area contributed by atoms with Gasteiger partial charge in [0.05, 0.1) is 10.2 Å². The molecule has 1 unspecified atom stereocenters. The fraction of sp³-hybridized carbons (Fsp3) is 0.812. The lowest BCUT2D eigenvalue weighted by Gasteiger charge is -2.46. The molecule has 0 aliphatic rings. The molecule has 0 aliphatic carbocycles. The number of rotatable bonds is 10. The molecule has 0 aromatic heterocycles. The van der Waals surface area contributed by atoms with Crippen molar-refractivity contribution in [3.05, 3.63) is 12.2 Å². The van der Waals surface area contributed by atoms with Crippen molar-refractivity contribution in [3.8, 4) is 0 Å². The standard InChI is InChI=1S/C16H38O5Si4/c1-13(2)15(17)18-12-14(19-23(3,4)5)16(22,20-24(6,7)8)21-25(9,10)11/h14H,1,12H2,2-11,22H3. The first-order chi connectivity index (χ1) is 10.8. The van der Waals surface area contributed by atoms with Crippen molar-refractivity contribution in [1.29, 1.82) is 0 Å². The Hall–Kier alpha value is -0.0425. The summed E-state index contributed by atoms with van der Waals surface area (Å²) in [6, 6.07) is 0. The summed E-state index contributed by atoms with van der Waals surface area (Å²) in [7, 11) is -5.08. The highest BCUT2D eigenvalue weighted by molar-refractivity contribution is 6.72. The predicted octanol–water partition coefficient (Wildman–Crippen LogP) is 3.05. The third-order valence-electron chi connectivity index (χ3n) is 2.81. The first-order valence-electron chi connectivity index (χ1n) is 8.75. The SMILES string of the molecule is C=C(C)C(=O)OCC(O[Si](C)(C)C)C([SiH3])(O[Si](C)(C)C)O[Si](C)(C)C. The number of carbonyl (C=O) groups is 1. The zero-order chi connectivity index (χ0) is 20.3. The van der Waals surface area contributed by atoms with Crippen LogP contribution in [0.3, 0.4) is 0 Å². The molecule has 0 rings (SSSR count). The molecule has 9 heteroatoms. The molecule has 0 bridgehead atoms. The molecule has 0 aromatic carbocycles. The molecule has 0 saturated heterocycles. The molecular formula is C16H38O5Si4. The van der Waals surface area contributed by atoms with Gasteiger partial charge >= 0.3 is 5.97 Å². The lowest BCUT2D eigenvalue weighted by atomic mass is 10.3. The normalized spacial score (nSPS) is 15.1. The molecule has 1 atom stereocenters. The van der Waals surface area contributed by atoms with Crippen LogP contribution in [0.25, 0.3) is 0 Å². The van der Waals surface area contributed by atoms with E-state index in [4.69, 9.17) is 18.0 Å². The molecule has 0 fully saturated rings. The van der Waals surface area contributed by atoms with Crippen LogP contribution in [0, 0.1) is 0 Å². The number of ether oxygens (including phenoxy) is 1. The van der Waals surface area contributed by atoms with Crippen LogP contribution in [0.5, 0.6) is 0 Å². The molecule has 0 spiro atoms. The van der Waals surface area contributed by atoms with E-state index < -0.39 is 42.4 Å². The Balaban J connectivity index is 5.70. The van der Waals surface area contributed by atoms with E-state index in [1.807, 2.05) is 0 Å². The highest BCUT2D eigenvalue weighted by Gasteiger charge is 2.45. The molecule has 0 heterocycles. The second-order valence-electron chi connectivity index (χ2n) is 9.54. The Bertz CT molecular complexity index is 458. The fourth-order valence-electron chi connectivity index (χ4n) is 2.36. The second kappa shape index (κ2) is 8.76. The summed E-state index contributed by atoms with van der Waals surface area (Å²) in [5, 5.41) is 0. The zero-order valence-corrected chi connectivity index (χ0v) is 23.0. The summed E-state index contributed by atoms with van der Waals surface area (Å²) in [6.07, 6.45) is -0.424. The lowest BCUT2D eigenvalue weighted by Crippen LogP contribution is -2.61. The van der Waals surface area contributed by atoms with Crippen LogP contribution in [-0.2, 0) is 22.8 Å². The van der Waals surface area contributed by atoms with E-state index in [2.05, 4.69) is 65.5 Å². The van der Waals surface area contributed by atoms with Crippen LogP contribution in [-0.4, -0.2) is 59.3 Å². The molecule has 25 heavy (non-hydrogen) atoms. The largest absolute Gasteiger partial charge is 0.459 e. The Kier molecular flexibility index (Phi) is 8.75. The summed E-state index contributed by atoms with van der Waals surface area (Å²) in [6.45, 7) is 24.6. The zero-order valence-electron chi connectivity index (χ0n) is 18.0.